The van der Waals surface area contributed by atoms with Crippen LogP contribution in [0.15, 0.2) is 33.6 Å². The van der Waals surface area contributed by atoms with E-state index in [1.165, 1.54) is 36.4 Å². The highest BCUT2D eigenvalue weighted by Crippen LogP contribution is 2.23. The molecule has 0 radical (unpaired) electrons. The molecule has 28 heavy (non-hydrogen) atoms. The number of nitrogens with zero attached hydrogens (tertiary/aromatic N) is 2. The summed E-state index contributed by atoms with van der Waals surface area (Å²) in [6, 6.07) is 6.48. The zero-order chi connectivity index (χ0) is 20.1. The molecule has 1 aromatic rings. The van der Waals surface area contributed by atoms with Crippen molar-refractivity contribution in [3.63, 3.8) is 0 Å². The first-order chi connectivity index (χ1) is 13.4. The molecule has 1 atom stereocenters. The van der Waals surface area contributed by atoms with Gasteiger partial charge in [0.1, 0.15) is 0 Å². The average molecular weight is 472 g/mol. The van der Waals surface area contributed by atoms with Crippen molar-refractivity contribution in [3.05, 3.63) is 28.7 Å². The highest BCUT2D eigenvalue weighted by Gasteiger charge is 2.31. The topological polar surface area (TPSA) is 69.7 Å². The van der Waals surface area contributed by atoms with E-state index >= 15 is 0 Å². The molecule has 0 aromatic heterocycles. The number of carbonyl (C=O) groups excluding carboxylic acids is 1. The molecular formula is C20H30BrN3O3S. The lowest BCUT2D eigenvalue weighted by atomic mass is 9.89. The van der Waals surface area contributed by atoms with Gasteiger partial charge in [0.2, 0.25) is 15.9 Å². The number of hydrogen-bond donors (Lipinski definition) is 1. The van der Waals surface area contributed by atoms with Gasteiger partial charge in [0.25, 0.3) is 0 Å². The van der Waals surface area contributed by atoms with Crippen LogP contribution in [0.3, 0.4) is 0 Å². The third-order valence-corrected chi connectivity index (χ3v) is 8.38. The van der Waals surface area contributed by atoms with Gasteiger partial charge in [-0.2, -0.15) is 4.31 Å². The van der Waals surface area contributed by atoms with Gasteiger partial charge >= 0.3 is 0 Å². The zero-order valence-corrected chi connectivity index (χ0v) is 18.8. The van der Waals surface area contributed by atoms with Crippen molar-refractivity contribution in [3.8, 4) is 0 Å². The van der Waals surface area contributed by atoms with Crippen molar-refractivity contribution >= 4 is 31.9 Å². The molecule has 2 aliphatic rings. The summed E-state index contributed by atoms with van der Waals surface area (Å²) >= 11 is 3.33. The highest BCUT2D eigenvalue weighted by atomic mass is 79.9. The number of hydrogen-bond acceptors (Lipinski definition) is 4. The Kier molecular flexibility index (Phi) is 7.53. The number of benzene rings is 1. The van der Waals surface area contributed by atoms with E-state index in [-0.39, 0.29) is 11.9 Å². The Morgan fingerprint density at radius 2 is 1.71 bits per heavy atom. The molecule has 1 aliphatic heterocycles. The largest absolute Gasteiger partial charge is 0.354 e. The van der Waals surface area contributed by atoms with Crippen molar-refractivity contribution < 1.29 is 13.2 Å². The fraction of sp³-hybridized carbons (Fsp3) is 0.650. The quantitative estimate of drug-likeness (QED) is 0.692. The third kappa shape index (κ3) is 5.34. The first kappa shape index (κ1) is 21.7. The van der Waals surface area contributed by atoms with Gasteiger partial charge in [-0.15, -0.1) is 0 Å². The van der Waals surface area contributed by atoms with Crippen LogP contribution in [0.1, 0.15) is 39.0 Å². The Hall–Kier alpha value is -0.960. The van der Waals surface area contributed by atoms with Crippen LogP contribution in [-0.2, 0) is 14.8 Å². The normalized spacial score (nSPS) is 21.4. The van der Waals surface area contributed by atoms with Gasteiger partial charge in [-0.25, -0.2) is 8.42 Å². The molecular weight excluding hydrogens is 442 g/mol. The lowest BCUT2D eigenvalue weighted by Crippen LogP contribution is -2.55. The van der Waals surface area contributed by atoms with Crippen molar-refractivity contribution in [2.24, 2.45) is 5.92 Å². The van der Waals surface area contributed by atoms with Crippen LogP contribution in [-0.4, -0.2) is 62.3 Å². The van der Waals surface area contributed by atoms with Crippen molar-refractivity contribution in [2.45, 2.75) is 50.0 Å². The average Bonchev–Trinajstić information content (AvgIpc) is 2.72. The van der Waals surface area contributed by atoms with Gasteiger partial charge in [0, 0.05) is 37.2 Å². The molecule has 1 aliphatic carbocycles. The lowest BCUT2D eigenvalue weighted by molar-refractivity contribution is -0.126. The fourth-order valence-corrected chi connectivity index (χ4v) is 5.72. The molecule has 156 valence electrons. The summed E-state index contributed by atoms with van der Waals surface area (Å²) in [7, 11) is -3.49. The van der Waals surface area contributed by atoms with E-state index in [9.17, 15) is 13.2 Å². The molecule has 1 heterocycles. The van der Waals surface area contributed by atoms with E-state index < -0.39 is 10.0 Å². The first-order valence-electron chi connectivity index (χ1n) is 10.2. The van der Waals surface area contributed by atoms with Gasteiger partial charge in [0.05, 0.1) is 10.9 Å². The number of carbonyl (C=O) groups is 1. The first-order valence-corrected chi connectivity index (χ1v) is 12.4. The van der Waals surface area contributed by atoms with Crippen LogP contribution < -0.4 is 5.32 Å². The maximum absolute atomic E-state index is 12.8. The van der Waals surface area contributed by atoms with E-state index in [0.717, 1.165) is 11.0 Å². The van der Waals surface area contributed by atoms with Gasteiger partial charge in [0.15, 0.2) is 0 Å². The van der Waals surface area contributed by atoms with Crippen LogP contribution in [0.5, 0.6) is 0 Å². The summed E-state index contributed by atoms with van der Waals surface area (Å²) in [6.45, 7) is 4.61. The minimum atomic E-state index is -3.49. The summed E-state index contributed by atoms with van der Waals surface area (Å²) in [5.41, 5.74) is 0. The summed E-state index contributed by atoms with van der Waals surface area (Å²) in [4.78, 5) is 14.9. The Balaban J connectivity index is 1.49. The molecule has 2 fully saturated rings. The number of halogens is 1. The van der Waals surface area contributed by atoms with Crippen molar-refractivity contribution in [1.82, 2.24) is 14.5 Å². The second-order valence-electron chi connectivity index (χ2n) is 7.82. The Morgan fingerprint density at radius 3 is 2.32 bits per heavy atom. The molecule has 1 N–H and O–H groups in total. The molecule has 6 nitrogen and oxygen atoms in total. The fourth-order valence-electron chi connectivity index (χ4n) is 4.04. The maximum Gasteiger partial charge on any atom is 0.243 e. The standard InChI is InChI=1S/C20H30BrN3O3S/c1-16(20(25)22-15-17-5-3-2-4-6-17)23-11-13-24(14-12-23)28(26,27)19-9-7-18(21)8-10-19/h7-10,16-17H,2-6,11-15H2,1H3,(H,22,25)/t16-/m0/s1. The van der Waals surface area contributed by atoms with Gasteiger partial charge in [-0.3, -0.25) is 9.69 Å². The van der Waals surface area contributed by atoms with Crippen LogP contribution >= 0.6 is 15.9 Å². The second-order valence-corrected chi connectivity index (χ2v) is 10.7. The monoisotopic (exact) mass is 471 g/mol. The van der Waals surface area contributed by atoms with Crippen molar-refractivity contribution in [2.75, 3.05) is 32.7 Å². The second kappa shape index (κ2) is 9.69. The van der Waals surface area contributed by atoms with Crippen LogP contribution in [0.2, 0.25) is 0 Å². The minimum absolute atomic E-state index is 0.0507. The Labute approximate surface area is 176 Å². The summed E-state index contributed by atoms with van der Waals surface area (Å²) < 4.78 is 28.0. The zero-order valence-electron chi connectivity index (χ0n) is 16.4. The molecule has 1 aromatic carbocycles. The number of nitrogens with one attached hydrogen (secondary N) is 1. The molecule has 1 saturated heterocycles. The van der Waals surface area contributed by atoms with E-state index in [2.05, 4.69) is 26.1 Å². The molecule has 1 amide bonds. The Morgan fingerprint density at radius 1 is 1.11 bits per heavy atom. The number of piperazine rings is 1. The SMILES string of the molecule is C[C@@H](C(=O)NCC1CCCCC1)N1CCN(S(=O)(=O)c2ccc(Br)cc2)CC1. The van der Waals surface area contributed by atoms with E-state index in [4.69, 9.17) is 0 Å². The molecule has 1 saturated carbocycles. The third-order valence-electron chi connectivity index (χ3n) is 5.94. The number of sulfonamides is 1. The molecule has 3 rings (SSSR count). The predicted molar refractivity (Wildman–Crippen MR) is 114 cm³/mol. The highest BCUT2D eigenvalue weighted by molar-refractivity contribution is 9.10. The van der Waals surface area contributed by atoms with Gasteiger partial charge in [-0.05, 0) is 49.9 Å². The lowest BCUT2D eigenvalue weighted by Gasteiger charge is -2.37. The summed E-state index contributed by atoms with van der Waals surface area (Å²) in [6.07, 6.45) is 6.27. The van der Waals surface area contributed by atoms with Crippen LogP contribution in [0, 0.1) is 5.92 Å². The predicted octanol–water partition coefficient (Wildman–Crippen LogP) is 2.84. The maximum atomic E-state index is 12.8. The van der Waals surface area contributed by atoms with Gasteiger partial charge < -0.3 is 5.32 Å². The van der Waals surface area contributed by atoms with E-state index in [0.29, 0.717) is 37.0 Å². The molecule has 0 spiro atoms. The Bertz CT molecular complexity index is 755. The molecule has 8 heteroatoms. The van der Waals surface area contributed by atoms with E-state index in [1.54, 1.807) is 24.3 Å². The number of rotatable bonds is 6. The molecule has 0 bridgehead atoms. The van der Waals surface area contributed by atoms with Crippen molar-refractivity contribution in [1.29, 1.82) is 0 Å². The van der Waals surface area contributed by atoms with E-state index in [1.807, 2.05) is 6.92 Å². The smallest absolute Gasteiger partial charge is 0.243 e. The number of amides is 1. The van der Waals surface area contributed by atoms with Crippen LogP contribution in [0.4, 0.5) is 0 Å². The van der Waals surface area contributed by atoms with Gasteiger partial charge in [-0.1, -0.05) is 35.2 Å². The van der Waals surface area contributed by atoms with Crippen LogP contribution in [0.25, 0.3) is 0 Å². The molecule has 0 unspecified atom stereocenters. The summed E-state index contributed by atoms with van der Waals surface area (Å²) in [5, 5.41) is 3.11. The summed E-state index contributed by atoms with van der Waals surface area (Å²) in [5.74, 6) is 0.660. The minimum Gasteiger partial charge on any atom is -0.354 e.